The molecular formula is C20H18F3N3O3. The van der Waals surface area contributed by atoms with Gasteiger partial charge >= 0.3 is 6.36 Å². The van der Waals surface area contributed by atoms with Gasteiger partial charge in [0.05, 0.1) is 7.11 Å². The van der Waals surface area contributed by atoms with E-state index in [9.17, 15) is 18.0 Å². The molecule has 1 unspecified atom stereocenters. The van der Waals surface area contributed by atoms with E-state index in [4.69, 9.17) is 4.74 Å². The lowest BCUT2D eigenvalue weighted by atomic mass is 10.0. The Hall–Kier alpha value is -3.49. The second-order valence-corrected chi connectivity index (χ2v) is 6.15. The van der Waals surface area contributed by atoms with Gasteiger partial charge in [0.25, 0.3) is 5.91 Å². The van der Waals surface area contributed by atoms with E-state index in [0.29, 0.717) is 11.6 Å². The van der Waals surface area contributed by atoms with E-state index >= 15 is 0 Å². The van der Waals surface area contributed by atoms with Crippen LogP contribution in [0.2, 0.25) is 0 Å². The summed E-state index contributed by atoms with van der Waals surface area (Å²) in [6.07, 6.45) is -1.43. The molecule has 0 aliphatic rings. The van der Waals surface area contributed by atoms with Gasteiger partial charge in [0.15, 0.2) is 0 Å². The van der Waals surface area contributed by atoms with Gasteiger partial charge < -0.3 is 19.4 Å². The highest BCUT2D eigenvalue weighted by molar-refractivity contribution is 5.94. The predicted octanol–water partition coefficient (Wildman–Crippen LogP) is 3.85. The third-order valence-electron chi connectivity index (χ3n) is 4.19. The molecular weight excluding hydrogens is 387 g/mol. The Balaban J connectivity index is 1.83. The molecule has 3 rings (SSSR count). The Bertz CT molecular complexity index is 967. The first-order valence-corrected chi connectivity index (χ1v) is 8.54. The zero-order valence-electron chi connectivity index (χ0n) is 15.6. The number of hydrogen-bond donors (Lipinski definition) is 1. The van der Waals surface area contributed by atoms with Crippen molar-refractivity contribution in [1.29, 1.82) is 0 Å². The number of imidazole rings is 1. The van der Waals surface area contributed by atoms with Crippen molar-refractivity contribution in [2.45, 2.75) is 12.4 Å². The lowest BCUT2D eigenvalue weighted by molar-refractivity contribution is -0.274. The maximum atomic E-state index is 12.7. The summed E-state index contributed by atoms with van der Waals surface area (Å²) >= 11 is 0. The number of alkyl halides is 3. The summed E-state index contributed by atoms with van der Waals surface area (Å²) < 4.78 is 47.6. The van der Waals surface area contributed by atoms with Crippen LogP contribution in [0, 0.1) is 0 Å². The molecule has 1 N–H and O–H groups in total. The Morgan fingerprint density at radius 2 is 1.69 bits per heavy atom. The van der Waals surface area contributed by atoms with Crippen molar-refractivity contribution in [2.24, 2.45) is 7.05 Å². The number of amides is 1. The maximum absolute atomic E-state index is 12.7. The standard InChI is InChI=1S/C20H18F3N3O3/c1-26-12-11-24-18(26)17(13-3-7-15(28-2)8-4-13)25-19(27)14-5-9-16(10-6-14)29-20(21,22)23/h3-12,17H,1-2H3,(H,25,27). The molecule has 0 radical (unpaired) electrons. The van der Waals surface area contributed by atoms with Crippen molar-refractivity contribution in [3.8, 4) is 11.5 Å². The van der Waals surface area contributed by atoms with Gasteiger partial charge in [-0.25, -0.2) is 4.98 Å². The Morgan fingerprint density at radius 1 is 1.07 bits per heavy atom. The molecule has 0 bridgehead atoms. The highest BCUT2D eigenvalue weighted by Gasteiger charge is 2.31. The van der Waals surface area contributed by atoms with Crippen LogP contribution in [0.15, 0.2) is 60.9 Å². The minimum absolute atomic E-state index is 0.187. The summed E-state index contributed by atoms with van der Waals surface area (Å²) in [5, 5.41) is 2.87. The highest BCUT2D eigenvalue weighted by atomic mass is 19.4. The molecule has 0 aliphatic heterocycles. The van der Waals surface area contributed by atoms with Crippen LogP contribution >= 0.6 is 0 Å². The summed E-state index contributed by atoms with van der Waals surface area (Å²) in [7, 11) is 3.35. The number of aromatic nitrogens is 2. The zero-order valence-corrected chi connectivity index (χ0v) is 15.6. The quantitative estimate of drug-likeness (QED) is 0.677. The highest BCUT2D eigenvalue weighted by Crippen LogP contribution is 2.25. The van der Waals surface area contributed by atoms with E-state index in [0.717, 1.165) is 17.7 Å². The van der Waals surface area contributed by atoms with Crippen LogP contribution in [0.5, 0.6) is 11.5 Å². The summed E-state index contributed by atoms with van der Waals surface area (Å²) in [4.78, 5) is 17.0. The first-order valence-electron chi connectivity index (χ1n) is 8.54. The molecule has 0 aliphatic carbocycles. The summed E-state index contributed by atoms with van der Waals surface area (Å²) in [5.74, 6) is 0.400. The third-order valence-corrected chi connectivity index (χ3v) is 4.19. The first kappa shape index (κ1) is 20.2. The molecule has 1 atom stereocenters. The van der Waals surface area contributed by atoms with Crippen LogP contribution in [-0.2, 0) is 7.05 Å². The Morgan fingerprint density at radius 3 is 2.21 bits per heavy atom. The van der Waals surface area contributed by atoms with Crippen LogP contribution in [0.3, 0.4) is 0 Å². The van der Waals surface area contributed by atoms with Crippen molar-refractivity contribution in [3.63, 3.8) is 0 Å². The number of rotatable bonds is 6. The molecule has 1 heterocycles. The SMILES string of the molecule is COc1ccc(C(NC(=O)c2ccc(OC(F)(F)F)cc2)c2nccn2C)cc1. The van der Waals surface area contributed by atoms with Crippen LogP contribution < -0.4 is 14.8 Å². The normalized spacial score (nSPS) is 12.3. The molecule has 3 aromatic rings. The predicted molar refractivity (Wildman–Crippen MR) is 98.6 cm³/mol. The van der Waals surface area contributed by atoms with Gasteiger partial charge in [-0.15, -0.1) is 13.2 Å². The fourth-order valence-electron chi connectivity index (χ4n) is 2.77. The van der Waals surface area contributed by atoms with Crippen LogP contribution in [0.1, 0.15) is 27.8 Å². The molecule has 6 nitrogen and oxygen atoms in total. The smallest absolute Gasteiger partial charge is 0.497 e. The maximum Gasteiger partial charge on any atom is 0.573 e. The number of nitrogens with zero attached hydrogens (tertiary/aromatic N) is 2. The summed E-state index contributed by atoms with van der Waals surface area (Å²) in [5.41, 5.74) is 0.956. The van der Waals surface area contributed by atoms with Gasteiger partial charge in [-0.3, -0.25) is 4.79 Å². The largest absolute Gasteiger partial charge is 0.573 e. The molecule has 29 heavy (non-hydrogen) atoms. The van der Waals surface area contributed by atoms with Crippen LogP contribution in [-0.4, -0.2) is 28.9 Å². The minimum Gasteiger partial charge on any atom is -0.497 e. The van der Waals surface area contributed by atoms with Crippen molar-refractivity contribution < 1.29 is 27.4 Å². The van der Waals surface area contributed by atoms with Crippen LogP contribution in [0.25, 0.3) is 0 Å². The number of benzene rings is 2. The molecule has 1 aromatic heterocycles. The van der Waals surface area contributed by atoms with E-state index in [1.807, 2.05) is 0 Å². The molecule has 9 heteroatoms. The summed E-state index contributed by atoms with van der Waals surface area (Å²) in [6.45, 7) is 0. The number of halogens is 3. The monoisotopic (exact) mass is 405 g/mol. The molecule has 0 spiro atoms. The molecule has 0 fully saturated rings. The van der Waals surface area contributed by atoms with Gasteiger partial charge in [0.2, 0.25) is 0 Å². The molecule has 0 saturated heterocycles. The number of methoxy groups -OCH3 is 1. The minimum atomic E-state index is -4.79. The van der Waals surface area contributed by atoms with Crippen molar-refractivity contribution in [1.82, 2.24) is 14.9 Å². The fraction of sp³-hybridized carbons (Fsp3) is 0.200. The molecule has 2 aromatic carbocycles. The molecule has 0 saturated carbocycles. The van der Waals surface area contributed by atoms with E-state index in [2.05, 4.69) is 15.0 Å². The number of ether oxygens (including phenoxy) is 2. The van der Waals surface area contributed by atoms with Crippen molar-refractivity contribution in [2.75, 3.05) is 7.11 Å². The van der Waals surface area contributed by atoms with Gasteiger partial charge in [-0.05, 0) is 42.0 Å². The van der Waals surface area contributed by atoms with Crippen molar-refractivity contribution in [3.05, 3.63) is 77.9 Å². The second kappa shape index (κ2) is 8.26. The lowest BCUT2D eigenvalue weighted by Gasteiger charge is -2.19. The number of carbonyl (C=O) groups is 1. The van der Waals surface area contributed by atoms with E-state index in [1.54, 1.807) is 55.4 Å². The van der Waals surface area contributed by atoms with E-state index in [1.165, 1.54) is 12.1 Å². The average molecular weight is 405 g/mol. The molecule has 1 amide bonds. The van der Waals surface area contributed by atoms with Gasteiger partial charge in [0.1, 0.15) is 23.4 Å². The fourth-order valence-corrected chi connectivity index (χ4v) is 2.77. The average Bonchev–Trinajstić information content (AvgIpc) is 3.11. The Kier molecular flexibility index (Phi) is 5.76. The van der Waals surface area contributed by atoms with Gasteiger partial charge in [0, 0.05) is 25.0 Å². The second-order valence-electron chi connectivity index (χ2n) is 6.15. The Labute approximate surface area is 164 Å². The number of aryl methyl sites for hydroxylation is 1. The van der Waals surface area contributed by atoms with Gasteiger partial charge in [-0.2, -0.15) is 0 Å². The lowest BCUT2D eigenvalue weighted by Crippen LogP contribution is -2.31. The summed E-state index contributed by atoms with van der Waals surface area (Å²) in [6, 6.07) is 11.3. The topological polar surface area (TPSA) is 65.4 Å². The third kappa shape index (κ3) is 5.07. The van der Waals surface area contributed by atoms with Crippen LogP contribution in [0.4, 0.5) is 13.2 Å². The number of carbonyl (C=O) groups excluding carboxylic acids is 1. The van der Waals surface area contributed by atoms with Crippen molar-refractivity contribution >= 4 is 5.91 Å². The van der Waals surface area contributed by atoms with Gasteiger partial charge in [-0.1, -0.05) is 12.1 Å². The number of nitrogens with one attached hydrogen (secondary N) is 1. The number of hydrogen-bond acceptors (Lipinski definition) is 4. The van der Waals surface area contributed by atoms with E-state index < -0.39 is 24.1 Å². The first-order chi connectivity index (χ1) is 13.8. The van der Waals surface area contributed by atoms with E-state index in [-0.39, 0.29) is 5.56 Å². The molecule has 152 valence electrons. The zero-order chi connectivity index (χ0) is 21.0.